The van der Waals surface area contributed by atoms with Gasteiger partial charge in [0.25, 0.3) is 0 Å². The normalized spacial score (nSPS) is 14.7. The largest absolute Gasteiger partial charge is 0.239 e. The highest BCUT2D eigenvalue weighted by Crippen LogP contribution is 2.22. The molecule has 0 nitrogen and oxygen atoms in total. The van der Waals surface area contributed by atoms with Crippen LogP contribution in [0.1, 0.15) is 20.3 Å². The zero-order valence-corrected chi connectivity index (χ0v) is 7.42. The lowest BCUT2D eigenvalue weighted by molar-refractivity contribution is 0.132. The molecule has 0 spiro atoms. The van der Waals surface area contributed by atoms with Crippen LogP contribution in [0.3, 0.4) is 0 Å². The van der Waals surface area contributed by atoms with Crippen LogP contribution in [0, 0.1) is 5.92 Å². The smallest absolute Gasteiger partial charge is 0.210 e. The average Bonchev–Trinajstić information content (AvgIpc) is 1.81. The first-order valence-corrected chi connectivity index (χ1v) is 4.67. The molecule has 62 valence electrons. The number of hydrogen-bond acceptors (Lipinski definition) is 1. The Morgan fingerprint density at radius 1 is 1.30 bits per heavy atom. The molecule has 0 N–H and O–H groups in total. The van der Waals surface area contributed by atoms with Crippen molar-refractivity contribution < 1.29 is 8.78 Å². The molecule has 0 radical (unpaired) electrons. The van der Waals surface area contributed by atoms with Gasteiger partial charge < -0.3 is 0 Å². The third kappa shape index (κ3) is 4.09. The molecule has 0 saturated heterocycles. The molecule has 0 amide bonds. The van der Waals surface area contributed by atoms with E-state index in [2.05, 4.69) is 0 Å². The van der Waals surface area contributed by atoms with Gasteiger partial charge in [0.2, 0.25) is 6.43 Å². The van der Waals surface area contributed by atoms with Gasteiger partial charge >= 0.3 is 0 Å². The Balaban J connectivity index is 3.60. The Hall–Kier alpha value is 0.210. The van der Waals surface area contributed by atoms with Crippen LogP contribution >= 0.6 is 11.8 Å². The molecule has 0 aliphatic carbocycles. The van der Waals surface area contributed by atoms with Crippen molar-refractivity contribution in [1.29, 1.82) is 0 Å². The predicted molar refractivity (Wildman–Crippen MR) is 42.8 cm³/mol. The van der Waals surface area contributed by atoms with Crippen molar-refractivity contribution in [2.45, 2.75) is 31.9 Å². The topological polar surface area (TPSA) is 0 Å². The Bertz CT molecular complexity index is 83.7. The molecule has 0 bridgehead atoms. The van der Waals surface area contributed by atoms with E-state index in [0.717, 1.165) is 0 Å². The summed E-state index contributed by atoms with van der Waals surface area (Å²) in [6, 6.07) is 0. The molecule has 0 rings (SSSR count). The molecule has 0 fully saturated rings. The summed E-state index contributed by atoms with van der Waals surface area (Å²) < 4.78 is 23.6. The van der Waals surface area contributed by atoms with Gasteiger partial charge in [0.15, 0.2) is 0 Å². The quantitative estimate of drug-likeness (QED) is 0.621. The Morgan fingerprint density at radius 3 is 1.90 bits per heavy atom. The summed E-state index contributed by atoms with van der Waals surface area (Å²) in [4.78, 5) is 0. The van der Waals surface area contributed by atoms with E-state index in [1.807, 2.05) is 20.1 Å². The molecular weight excluding hydrogens is 154 g/mol. The van der Waals surface area contributed by atoms with Crippen LogP contribution in [-0.2, 0) is 0 Å². The molecule has 0 saturated carbocycles. The van der Waals surface area contributed by atoms with Gasteiger partial charge in [-0.15, -0.1) is 0 Å². The van der Waals surface area contributed by atoms with E-state index < -0.39 is 6.43 Å². The summed E-state index contributed by atoms with van der Waals surface area (Å²) in [6.07, 6.45) is -0.244. The highest BCUT2D eigenvalue weighted by Gasteiger charge is 2.16. The molecule has 0 heterocycles. The lowest BCUT2D eigenvalue weighted by atomic mass is 10.1. The molecule has 0 aliphatic heterocycles. The van der Waals surface area contributed by atoms with Gasteiger partial charge in [-0.2, -0.15) is 11.8 Å². The maximum atomic E-state index is 11.8. The van der Waals surface area contributed by atoms with E-state index in [-0.39, 0.29) is 11.7 Å². The molecule has 0 aromatic heterocycles. The third-order valence-corrected chi connectivity index (χ3v) is 2.80. The van der Waals surface area contributed by atoms with Gasteiger partial charge in [-0.25, -0.2) is 8.78 Å². The van der Waals surface area contributed by atoms with Gasteiger partial charge in [-0.1, -0.05) is 13.8 Å². The van der Waals surface area contributed by atoms with E-state index >= 15 is 0 Å². The lowest BCUT2D eigenvalue weighted by Gasteiger charge is -2.17. The van der Waals surface area contributed by atoms with Crippen LogP contribution in [0.4, 0.5) is 8.78 Å². The second-order valence-electron chi connectivity index (χ2n) is 2.64. The van der Waals surface area contributed by atoms with E-state index in [1.54, 1.807) is 0 Å². The minimum Gasteiger partial charge on any atom is -0.210 e. The number of hydrogen-bond donors (Lipinski definition) is 0. The fraction of sp³-hybridized carbons (Fsp3) is 1.00. The van der Waals surface area contributed by atoms with Crippen molar-refractivity contribution in [2.24, 2.45) is 5.92 Å². The number of thioether (sulfide) groups is 1. The second kappa shape index (κ2) is 4.94. The van der Waals surface area contributed by atoms with E-state index in [0.29, 0.717) is 5.92 Å². The SMILES string of the molecule is CSC(CC(F)F)C(C)C. The first kappa shape index (κ1) is 10.2. The summed E-state index contributed by atoms with van der Waals surface area (Å²) in [5.74, 6) is 0.351. The third-order valence-electron chi connectivity index (χ3n) is 1.46. The monoisotopic (exact) mass is 168 g/mol. The highest BCUT2D eigenvalue weighted by atomic mass is 32.2. The van der Waals surface area contributed by atoms with Crippen LogP contribution in [-0.4, -0.2) is 17.9 Å². The Labute approximate surface area is 65.4 Å². The zero-order valence-electron chi connectivity index (χ0n) is 6.60. The maximum Gasteiger partial charge on any atom is 0.239 e. The molecule has 1 unspecified atom stereocenters. The van der Waals surface area contributed by atoms with Gasteiger partial charge in [0, 0.05) is 11.7 Å². The number of rotatable bonds is 4. The van der Waals surface area contributed by atoms with Gasteiger partial charge in [0.05, 0.1) is 0 Å². The van der Waals surface area contributed by atoms with Crippen molar-refractivity contribution in [3.8, 4) is 0 Å². The van der Waals surface area contributed by atoms with Crippen molar-refractivity contribution >= 4 is 11.8 Å². The zero-order chi connectivity index (χ0) is 8.15. The van der Waals surface area contributed by atoms with Crippen molar-refractivity contribution in [2.75, 3.05) is 6.26 Å². The number of halogens is 2. The molecule has 3 heteroatoms. The first-order valence-electron chi connectivity index (χ1n) is 3.38. The van der Waals surface area contributed by atoms with Crippen molar-refractivity contribution in [3.63, 3.8) is 0 Å². The van der Waals surface area contributed by atoms with Gasteiger partial charge in [-0.05, 0) is 12.2 Å². The lowest BCUT2D eigenvalue weighted by Crippen LogP contribution is -2.14. The van der Waals surface area contributed by atoms with E-state index in [4.69, 9.17) is 0 Å². The molecule has 0 aromatic carbocycles. The summed E-state index contributed by atoms with van der Waals surface area (Å²) in [5.41, 5.74) is 0. The van der Waals surface area contributed by atoms with Crippen LogP contribution in [0.5, 0.6) is 0 Å². The van der Waals surface area contributed by atoms with Crippen molar-refractivity contribution in [1.82, 2.24) is 0 Å². The van der Waals surface area contributed by atoms with Crippen LogP contribution in [0.25, 0.3) is 0 Å². The van der Waals surface area contributed by atoms with E-state index in [1.165, 1.54) is 11.8 Å². The molecule has 1 atom stereocenters. The highest BCUT2D eigenvalue weighted by molar-refractivity contribution is 7.99. The minimum atomic E-state index is -2.15. The summed E-state index contributed by atoms with van der Waals surface area (Å²) in [6.45, 7) is 3.95. The fourth-order valence-corrected chi connectivity index (χ4v) is 1.70. The predicted octanol–water partition coefficient (Wildman–Crippen LogP) is 3.03. The molecule has 10 heavy (non-hydrogen) atoms. The number of alkyl halides is 2. The Morgan fingerprint density at radius 2 is 1.80 bits per heavy atom. The van der Waals surface area contributed by atoms with Crippen molar-refractivity contribution in [3.05, 3.63) is 0 Å². The standard InChI is InChI=1S/C7H14F2S/c1-5(2)6(10-3)4-7(8)9/h5-7H,4H2,1-3H3. The molecular formula is C7H14F2S. The minimum absolute atomic E-state index is 0.0266. The van der Waals surface area contributed by atoms with Crippen LogP contribution in [0.2, 0.25) is 0 Å². The molecule has 0 aromatic rings. The summed E-state index contributed by atoms with van der Waals surface area (Å²) in [5, 5.41) is 0.111. The first-order chi connectivity index (χ1) is 4.57. The summed E-state index contributed by atoms with van der Waals surface area (Å²) >= 11 is 1.53. The second-order valence-corrected chi connectivity index (χ2v) is 3.72. The van der Waals surface area contributed by atoms with Crippen LogP contribution < -0.4 is 0 Å². The van der Waals surface area contributed by atoms with E-state index in [9.17, 15) is 8.78 Å². The average molecular weight is 168 g/mol. The molecule has 0 aliphatic rings. The van der Waals surface area contributed by atoms with Gasteiger partial charge in [-0.3, -0.25) is 0 Å². The summed E-state index contributed by atoms with van der Waals surface area (Å²) in [7, 11) is 0. The van der Waals surface area contributed by atoms with Crippen LogP contribution in [0.15, 0.2) is 0 Å². The van der Waals surface area contributed by atoms with Gasteiger partial charge in [0.1, 0.15) is 0 Å². The Kier molecular flexibility index (Phi) is 5.04. The maximum absolute atomic E-state index is 11.8. The fourth-order valence-electron chi connectivity index (χ4n) is 0.816.